The van der Waals surface area contributed by atoms with E-state index >= 15 is 0 Å². The second-order valence-electron chi connectivity index (χ2n) is 9.70. The van der Waals surface area contributed by atoms with Crippen molar-refractivity contribution in [1.29, 1.82) is 0 Å². The Morgan fingerprint density at radius 3 is 1.82 bits per heavy atom. The van der Waals surface area contributed by atoms with E-state index in [1.807, 2.05) is 60.0 Å². The van der Waals surface area contributed by atoms with Crippen molar-refractivity contribution < 1.29 is 14.4 Å². The highest BCUT2D eigenvalue weighted by molar-refractivity contribution is 5.98. The lowest BCUT2D eigenvalue weighted by Crippen LogP contribution is -2.55. The molecule has 0 bridgehead atoms. The maximum atomic E-state index is 13.5. The molecule has 2 saturated heterocycles. The van der Waals surface area contributed by atoms with Crippen LogP contribution in [0.1, 0.15) is 63.9 Å². The SMILES string of the molecule is Cc1ccc(C(=O)N[C@H](C(=O)N2CCCCC2)C2CCN(C(=O)c3ccc(C)cc3)CC2)cc1. The van der Waals surface area contributed by atoms with E-state index in [2.05, 4.69) is 5.32 Å². The highest BCUT2D eigenvalue weighted by Gasteiger charge is 2.36. The van der Waals surface area contributed by atoms with Crippen LogP contribution in [0.5, 0.6) is 0 Å². The molecule has 180 valence electrons. The van der Waals surface area contributed by atoms with Crippen LogP contribution in [-0.4, -0.2) is 59.7 Å². The van der Waals surface area contributed by atoms with Crippen molar-refractivity contribution in [3.8, 4) is 0 Å². The lowest BCUT2D eigenvalue weighted by atomic mass is 9.87. The average molecular weight is 462 g/mol. The third-order valence-corrected chi connectivity index (χ3v) is 7.13. The number of nitrogens with one attached hydrogen (secondary N) is 1. The number of hydrogen-bond donors (Lipinski definition) is 1. The van der Waals surface area contributed by atoms with Gasteiger partial charge in [-0.2, -0.15) is 0 Å². The monoisotopic (exact) mass is 461 g/mol. The van der Waals surface area contributed by atoms with Crippen LogP contribution < -0.4 is 5.32 Å². The molecule has 0 spiro atoms. The summed E-state index contributed by atoms with van der Waals surface area (Å²) in [6, 6.07) is 14.5. The number of aryl methyl sites for hydroxylation is 2. The number of carbonyl (C=O) groups excluding carboxylic acids is 3. The fourth-order valence-electron chi connectivity index (χ4n) is 4.94. The minimum atomic E-state index is -0.566. The maximum Gasteiger partial charge on any atom is 0.253 e. The van der Waals surface area contributed by atoms with Crippen molar-refractivity contribution in [2.75, 3.05) is 26.2 Å². The number of piperidine rings is 2. The Morgan fingerprint density at radius 1 is 0.735 bits per heavy atom. The first kappa shape index (κ1) is 24.0. The van der Waals surface area contributed by atoms with E-state index in [4.69, 9.17) is 0 Å². The standard InChI is InChI=1S/C28H35N3O3/c1-20-6-10-23(11-7-20)26(32)29-25(28(34)30-16-4-3-5-17-30)22-14-18-31(19-15-22)27(33)24-12-8-21(2)9-13-24/h6-13,22,25H,3-5,14-19H2,1-2H3,(H,29,32)/t25-/m0/s1. The summed E-state index contributed by atoms with van der Waals surface area (Å²) < 4.78 is 0. The first-order chi connectivity index (χ1) is 16.4. The summed E-state index contributed by atoms with van der Waals surface area (Å²) in [6.07, 6.45) is 4.54. The molecule has 0 aromatic heterocycles. The molecule has 2 aliphatic rings. The molecule has 34 heavy (non-hydrogen) atoms. The number of likely N-dealkylation sites (tertiary alicyclic amines) is 2. The smallest absolute Gasteiger partial charge is 0.253 e. The van der Waals surface area contributed by atoms with Gasteiger partial charge in [0, 0.05) is 37.3 Å². The van der Waals surface area contributed by atoms with Gasteiger partial charge in [-0.1, -0.05) is 35.4 Å². The van der Waals surface area contributed by atoms with Crippen molar-refractivity contribution in [3.63, 3.8) is 0 Å². The lowest BCUT2D eigenvalue weighted by molar-refractivity contribution is -0.136. The van der Waals surface area contributed by atoms with Gasteiger partial charge in [0.1, 0.15) is 6.04 Å². The largest absolute Gasteiger partial charge is 0.341 e. The molecule has 2 fully saturated rings. The minimum Gasteiger partial charge on any atom is -0.341 e. The Hall–Kier alpha value is -3.15. The summed E-state index contributed by atoms with van der Waals surface area (Å²) in [5.74, 6) is -0.163. The molecule has 0 unspecified atom stereocenters. The predicted octanol–water partition coefficient (Wildman–Crippen LogP) is 3.97. The van der Waals surface area contributed by atoms with E-state index in [-0.39, 0.29) is 23.6 Å². The van der Waals surface area contributed by atoms with E-state index in [1.54, 1.807) is 12.1 Å². The van der Waals surface area contributed by atoms with Crippen LogP contribution in [0.2, 0.25) is 0 Å². The molecule has 1 N–H and O–H groups in total. The summed E-state index contributed by atoms with van der Waals surface area (Å²) in [6.45, 7) is 6.66. The average Bonchev–Trinajstić information content (AvgIpc) is 2.88. The zero-order chi connectivity index (χ0) is 24.1. The molecule has 2 heterocycles. The summed E-state index contributed by atoms with van der Waals surface area (Å²) in [4.78, 5) is 43.3. The van der Waals surface area contributed by atoms with Gasteiger partial charge in [0.05, 0.1) is 0 Å². The van der Waals surface area contributed by atoms with Gasteiger partial charge in [-0.15, -0.1) is 0 Å². The summed E-state index contributed by atoms with van der Waals surface area (Å²) >= 11 is 0. The van der Waals surface area contributed by atoms with Crippen molar-refractivity contribution in [1.82, 2.24) is 15.1 Å². The van der Waals surface area contributed by atoms with Crippen LogP contribution in [-0.2, 0) is 4.79 Å². The highest BCUT2D eigenvalue weighted by Crippen LogP contribution is 2.25. The Kier molecular flexibility index (Phi) is 7.66. The number of amides is 3. The van der Waals surface area contributed by atoms with E-state index in [9.17, 15) is 14.4 Å². The van der Waals surface area contributed by atoms with Crippen LogP contribution >= 0.6 is 0 Å². The fourth-order valence-corrected chi connectivity index (χ4v) is 4.94. The van der Waals surface area contributed by atoms with Gasteiger partial charge in [0.25, 0.3) is 11.8 Å². The molecule has 0 saturated carbocycles. The predicted molar refractivity (Wildman–Crippen MR) is 133 cm³/mol. The molecular formula is C28H35N3O3. The number of hydrogen-bond acceptors (Lipinski definition) is 3. The molecule has 1 atom stereocenters. The maximum absolute atomic E-state index is 13.5. The van der Waals surface area contributed by atoms with Gasteiger partial charge >= 0.3 is 0 Å². The second kappa shape index (κ2) is 10.9. The van der Waals surface area contributed by atoms with Gasteiger partial charge < -0.3 is 15.1 Å². The van der Waals surface area contributed by atoms with Crippen LogP contribution in [0.3, 0.4) is 0 Å². The van der Waals surface area contributed by atoms with Gasteiger partial charge in [0.15, 0.2) is 0 Å². The molecule has 2 aromatic rings. The van der Waals surface area contributed by atoms with E-state index in [0.717, 1.165) is 43.5 Å². The molecule has 6 nitrogen and oxygen atoms in total. The van der Waals surface area contributed by atoms with Gasteiger partial charge in [-0.25, -0.2) is 0 Å². The fraction of sp³-hybridized carbons (Fsp3) is 0.464. The zero-order valence-corrected chi connectivity index (χ0v) is 20.3. The first-order valence-corrected chi connectivity index (χ1v) is 12.4. The van der Waals surface area contributed by atoms with E-state index < -0.39 is 6.04 Å². The highest BCUT2D eigenvalue weighted by atomic mass is 16.2. The van der Waals surface area contributed by atoms with Gasteiger partial charge in [0.2, 0.25) is 5.91 Å². The van der Waals surface area contributed by atoms with Crippen LogP contribution in [0.4, 0.5) is 0 Å². The minimum absolute atomic E-state index is 0.00546. The third-order valence-electron chi connectivity index (χ3n) is 7.13. The lowest BCUT2D eigenvalue weighted by Gasteiger charge is -2.38. The molecular weight excluding hydrogens is 426 g/mol. The summed E-state index contributed by atoms with van der Waals surface area (Å²) in [5, 5.41) is 3.07. The molecule has 4 rings (SSSR count). The summed E-state index contributed by atoms with van der Waals surface area (Å²) in [7, 11) is 0. The molecule has 0 aliphatic carbocycles. The normalized spacial score (nSPS) is 17.8. The van der Waals surface area contributed by atoms with Crippen molar-refractivity contribution in [3.05, 3.63) is 70.8 Å². The molecule has 6 heteroatoms. The first-order valence-electron chi connectivity index (χ1n) is 12.4. The zero-order valence-electron chi connectivity index (χ0n) is 20.3. The Bertz CT molecular complexity index is 1000. The van der Waals surface area contributed by atoms with E-state index in [0.29, 0.717) is 37.1 Å². The Labute approximate surface area is 202 Å². The number of carbonyl (C=O) groups is 3. The molecule has 2 aliphatic heterocycles. The van der Waals surface area contributed by atoms with Gasteiger partial charge in [-0.3, -0.25) is 14.4 Å². The topological polar surface area (TPSA) is 69.7 Å². The summed E-state index contributed by atoms with van der Waals surface area (Å²) in [5.41, 5.74) is 3.47. The number of benzene rings is 2. The molecule has 2 aromatic carbocycles. The Morgan fingerprint density at radius 2 is 1.26 bits per heavy atom. The van der Waals surface area contributed by atoms with Crippen molar-refractivity contribution >= 4 is 17.7 Å². The number of rotatable bonds is 5. The molecule has 0 radical (unpaired) electrons. The number of nitrogens with zero attached hydrogens (tertiary/aromatic N) is 2. The van der Waals surface area contributed by atoms with E-state index in [1.165, 1.54) is 0 Å². The Balaban J connectivity index is 1.45. The second-order valence-corrected chi connectivity index (χ2v) is 9.70. The van der Waals surface area contributed by atoms with Crippen LogP contribution in [0.25, 0.3) is 0 Å². The quantitative estimate of drug-likeness (QED) is 0.733. The van der Waals surface area contributed by atoms with Crippen LogP contribution in [0, 0.1) is 19.8 Å². The van der Waals surface area contributed by atoms with Crippen molar-refractivity contribution in [2.24, 2.45) is 5.92 Å². The molecule has 3 amide bonds. The third kappa shape index (κ3) is 5.66. The van der Waals surface area contributed by atoms with Crippen LogP contribution in [0.15, 0.2) is 48.5 Å². The van der Waals surface area contributed by atoms with Crippen molar-refractivity contribution in [2.45, 2.75) is 52.0 Å². The van der Waals surface area contributed by atoms with Gasteiger partial charge in [-0.05, 0) is 76.1 Å².